The lowest BCUT2D eigenvalue weighted by molar-refractivity contribution is 0.467. The Bertz CT molecular complexity index is 496. The number of aromatic nitrogens is 1. The molecule has 0 aliphatic carbocycles. The summed E-state index contributed by atoms with van der Waals surface area (Å²) in [4.78, 5) is 4.08. The number of benzene rings is 1. The van der Waals surface area contributed by atoms with Gasteiger partial charge in [-0.15, -0.1) is 0 Å². The quantitative estimate of drug-likeness (QED) is 0.724. The predicted octanol–water partition coefficient (Wildman–Crippen LogP) is 2.94. The molecule has 1 heterocycles. The third kappa shape index (κ3) is 2.03. The second-order valence-corrected chi connectivity index (χ2v) is 3.64. The highest BCUT2D eigenvalue weighted by atomic mass is 32.2. The Hall–Kier alpha value is -1.73. The first-order valence-corrected chi connectivity index (χ1v) is 5.56. The molecule has 0 aliphatic rings. The maximum Gasteiger partial charge on any atom is 0.255 e. The number of oxazole rings is 1. The Morgan fingerprint density at radius 3 is 2.60 bits per heavy atom. The van der Waals surface area contributed by atoms with E-state index in [1.165, 1.54) is 11.8 Å². The molecule has 3 nitrogen and oxygen atoms in total. The van der Waals surface area contributed by atoms with E-state index in [1.54, 1.807) is 18.3 Å². The third-order valence-corrected chi connectivity index (χ3v) is 2.50. The molecule has 0 fully saturated rings. The lowest BCUT2D eigenvalue weighted by Gasteiger charge is -1.95. The lowest BCUT2D eigenvalue weighted by Crippen LogP contribution is -1.75. The topological polar surface area (TPSA) is 49.8 Å². The second kappa shape index (κ2) is 4.20. The van der Waals surface area contributed by atoms with Crippen molar-refractivity contribution in [3.63, 3.8) is 0 Å². The molecule has 0 bridgehead atoms. The van der Waals surface area contributed by atoms with E-state index < -0.39 is 0 Å². The Morgan fingerprint density at radius 1 is 1.33 bits per heavy atom. The van der Waals surface area contributed by atoms with Crippen molar-refractivity contribution in [3.05, 3.63) is 36.0 Å². The molecule has 1 aromatic carbocycles. The molecule has 0 N–H and O–H groups in total. The van der Waals surface area contributed by atoms with Crippen LogP contribution in [0.2, 0.25) is 0 Å². The Kier molecular flexibility index (Phi) is 2.75. The van der Waals surface area contributed by atoms with Gasteiger partial charge in [-0.3, -0.25) is 0 Å². The molecule has 0 aliphatic heterocycles. The summed E-state index contributed by atoms with van der Waals surface area (Å²) in [6.45, 7) is 0. The van der Waals surface area contributed by atoms with Crippen LogP contribution in [0.4, 0.5) is 0 Å². The maximum atomic E-state index is 8.65. The van der Waals surface area contributed by atoms with Gasteiger partial charge < -0.3 is 4.42 Å². The smallest absolute Gasteiger partial charge is 0.255 e. The first-order valence-electron chi connectivity index (χ1n) is 4.34. The minimum absolute atomic E-state index is 0.642. The molecule has 0 spiro atoms. The highest BCUT2D eigenvalue weighted by Gasteiger charge is 2.04. The van der Waals surface area contributed by atoms with E-state index in [4.69, 9.17) is 9.68 Å². The van der Waals surface area contributed by atoms with Crippen molar-refractivity contribution < 1.29 is 4.42 Å². The molecule has 2 aromatic rings. The van der Waals surface area contributed by atoms with Crippen LogP contribution in [0.3, 0.4) is 0 Å². The van der Waals surface area contributed by atoms with E-state index in [9.17, 15) is 0 Å². The summed E-state index contributed by atoms with van der Waals surface area (Å²) in [5.74, 6) is 0.726. The van der Waals surface area contributed by atoms with Crippen LogP contribution in [0.5, 0.6) is 0 Å². The standard InChI is InChI=1S/C11H8N2OS/c1-15-11-13-7-10(14-11)9-4-2-8(6-12)3-5-9/h2-5,7H,1H3. The van der Waals surface area contributed by atoms with Crippen molar-refractivity contribution in [2.75, 3.05) is 6.26 Å². The molecule has 0 amide bonds. The van der Waals surface area contributed by atoms with Crippen LogP contribution in [0, 0.1) is 11.3 Å². The molecule has 0 unspecified atom stereocenters. The van der Waals surface area contributed by atoms with E-state index in [0.29, 0.717) is 10.8 Å². The van der Waals surface area contributed by atoms with Gasteiger partial charge >= 0.3 is 0 Å². The number of thioether (sulfide) groups is 1. The highest BCUT2D eigenvalue weighted by Crippen LogP contribution is 2.24. The fourth-order valence-corrected chi connectivity index (χ4v) is 1.53. The number of nitriles is 1. The summed E-state index contributed by atoms with van der Waals surface area (Å²) in [7, 11) is 0. The molecule has 1 aromatic heterocycles. The summed E-state index contributed by atoms with van der Waals surface area (Å²) in [5, 5.41) is 9.30. The summed E-state index contributed by atoms with van der Waals surface area (Å²) < 4.78 is 5.46. The third-order valence-electron chi connectivity index (χ3n) is 1.96. The SMILES string of the molecule is CSc1ncc(-c2ccc(C#N)cc2)o1. The normalized spacial score (nSPS) is 9.87. The molecule has 4 heteroatoms. The van der Waals surface area contributed by atoms with Crippen molar-refractivity contribution >= 4 is 11.8 Å². The van der Waals surface area contributed by atoms with Gasteiger partial charge in [0.1, 0.15) is 0 Å². The molecule has 0 saturated heterocycles. The van der Waals surface area contributed by atoms with E-state index in [0.717, 1.165) is 11.3 Å². The number of rotatable bonds is 2. The minimum atomic E-state index is 0.642. The molecular weight excluding hydrogens is 208 g/mol. The van der Waals surface area contributed by atoms with Gasteiger partial charge in [-0.05, 0) is 30.5 Å². The average molecular weight is 216 g/mol. The van der Waals surface area contributed by atoms with Crippen LogP contribution in [-0.4, -0.2) is 11.2 Å². The van der Waals surface area contributed by atoms with Crippen LogP contribution in [0.15, 0.2) is 40.1 Å². The van der Waals surface area contributed by atoms with E-state index in [2.05, 4.69) is 11.1 Å². The highest BCUT2D eigenvalue weighted by molar-refractivity contribution is 7.98. The summed E-state index contributed by atoms with van der Waals surface area (Å²) in [6, 6.07) is 9.29. The molecule has 0 saturated carbocycles. The summed E-state index contributed by atoms with van der Waals surface area (Å²) in [6.07, 6.45) is 3.60. The zero-order valence-electron chi connectivity index (χ0n) is 8.10. The van der Waals surface area contributed by atoms with Gasteiger partial charge in [-0.2, -0.15) is 5.26 Å². The van der Waals surface area contributed by atoms with Gasteiger partial charge in [0, 0.05) is 5.56 Å². The largest absolute Gasteiger partial charge is 0.431 e. The molecule has 0 radical (unpaired) electrons. The first kappa shape index (κ1) is 9.81. The average Bonchev–Trinajstić information content (AvgIpc) is 2.78. The molecular formula is C11H8N2OS. The fourth-order valence-electron chi connectivity index (χ4n) is 1.19. The van der Waals surface area contributed by atoms with Gasteiger partial charge in [0.2, 0.25) is 0 Å². The number of nitrogens with zero attached hydrogens (tertiary/aromatic N) is 2. The maximum absolute atomic E-state index is 8.65. The molecule has 0 atom stereocenters. The summed E-state index contributed by atoms with van der Waals surface area (Å²) >= 11 is 1.46. The van der Waals surface area contributed by atoms with Gasteiger partial charge in [-0.25, -0.2) is 4.98 Å². The van der Waals surface area contributed by atoms with Crippen molar-refractivity contribution in [2.45, 2.75) is 5.22 Å². The van der Waals surface area contributed by atoms with Crippen LogP contribution >= 0.6 is 11.8 Å². The Morgan fingerprint density at radius 2 is 2.07 bits per heavy atom. The van der Waals surface area contributed by atoms with Crippen LogP contribution in [-0.2, 0) is 0 Å². The van der Waals surface area contributed by atoms with Crippen LogP contribution in [0.25, 0.3) is 11.3 Å². The van der Waals surface area contributed by atoms with Crippen molar-refractivity contribution in [1.29, 1.82) is 5.26 Å². The van der Waals surface area contributed by atoms with Crippen molar-refractivity contribution in [2.24, 2.45) is 0 Å². The van der Waals surface area contributed by atoms with Gasteiger partial charge in [0.05, 0.1) is 17.8 Å². The van der Waals surface area contributed by atoms with Gasteiger partial charge in [-0.1, -0.05) is 11.8 Å². The number of hydrogen-bond donors (Lipinski definition) is 0. The van der Waals surface area contributed by atoms with E-state index >= 15 is 0 Å². The Balaban J connectivity index is 2.33. The van der Waals surface area contributed by atoms with E-state index in [1.807, 2.05) is 18.4 Å². The van der Waals surface area contributed by atoms with Crippen molar-refractivity contribution in [1.82, 2.24) is 4.98 Å². The van der Waals surface area contributed by atoms with Gasteiger partial charge in [0.15, 0.2) is 5.76 Å². The lowest BCUT2D eigenvalue weighted by atomic mass is 10.1. The number of hydrogen-bond acceptors (Lipinski definition) is 4. The minimum Gasteiger partial charge on any atom is -0.431 e. The van der Waals surface area contributed by atoms with Crippen molar-refractivity contribution in [3.8, 4) is 17.4 Å². The summed E-state index contributed by atoms with van der Waals surface area (Å²) in [5.41, 5.74) is 1.57. The van der Waals surface area contributed by atoms with Gasteiger partial charge in [0.25, 0.3) is 5.22 Å². The molecule has 74 valence electrons. The van der Waals surface area contributed by atoms with E-state index in [-0.39, 0.29) is 0 Å². The van der Waals surface area contributed by atoms with Crippen LogP contribution in [0.1, 0.15) is 5.56 Å². The zero-order chi connectivity index (χ0) is 10.7. The first-order chi connectivity index (χ1) is 7.33. The Labute approximate surface area is 91.7 Å². The zero-order valence-corrected chi connectivity index (χ0v) is 8.91. The molecule has 15 heavy (non-hydrogen) atoms. The molecule has 2 rings (SSSR count). The van der Waals surface area contributed by atoms with Crippen LogP contribution < -0.4 is 0 Å². The monoisotopic (exact) mass is 216 g/mol. The predicted molar refractivity (Wildman–Crippen MR) is 58.4 cm³/mol. The second-order valence-electron chi connectivity index (χ2n) is 2.88. The fraction of sp³-hybridized carbons (Fsp3) is 0.0909.